The zero-order valence-corrected chi connectivity index (χ0v) is 9.10. The number of hydrogen-bond donors (Lipinski definition) is 1. The first kappa shape index (κ1) is 8.79. The molecule has 1 heterocycles. The smallest absolute Gasteiger partial charge is 0.260 e. The van der Waals surface area contributed by atoms with E-state index in [1.54, 1.807) is 0 Å². The summed E-state index contributed by atoms with van der Waals surface area (Å²) in [4.78, 5) is 11.6. The summed E-state index contributed by atoms with van der Waals surface area (Å²) < 4.78 is 0. The number of alkyl halides is 1. The Balaban J connectivity index is 2.59. The van der Waals surface area contributed by atoms with Gasteiger partial charge in [-0.3, -0.25) is 4.79 Å². The molecule has 0 radical (unpaired) electrons. The van der Waals surface area contributed by atoms with Crippen molar-refractivity contribution in [2.45, 2.75) is 24.2 Å². The van der Waals surface area contributed by atoms with Crippen molar-refractivity contribution in [1.82, 2.24) is 5.32 Å². The summed E-state index contributed by atoms with van der Waals surface area (Å²) in [6, 6.07) is 0. The lowest BCUT2D eigenvalue weighted by Gasteiger charge is -2.20. The average Bonchev–Trinajstić information content (AvgIpc) is 2.23. The van der Waals surface area contributed by atoms with E-state index in [-0.39, 0.29) is 16.3 Å². The molecule has 1 atom stereocenters. The molecular formula is C10H10BrNO. The standard InChI is InChI=1S/C10H10BrNO/c1-10(2)8-5-6(11)3-4-7(8)9(13)12-10/h3,5-6H,1-2H3,(H,12,13)/t6-/m1/s1. The van der Waals surface area contributed by atoms with E-state index in [2.05, 4.69) is 27.0 Å². The van der Waals surface area contributed by atoms with E-state index in [4.69, 9.17) is 0 Å². The molecule has 13 heavy (non-hydrogen) atoms. The van der Waals surface area contributed by atoms with Gasteiger partial charge >= 0.3 is 0 Å². The van der Waals surface area contributed by atoms with Crippen molar-refractivity contribution in [3.05, 3.63) is 29.0 Å². The lowest BCUT2D eigenvalue weighted by molar-refractivity contribution is -0.116. The van der Waals surface area contributed by atoms with Gasteiger partial charge in [0.2, 0.25) is 0 Å². The van der Waals surface area contributed by atoms with Crippen LogP contribution in [0.5, 0.6) is 0 Å². The molecule has 3 heteroatoms. The second-order valence-electron chi connectivity index (χ2n) is 3.79. The first-order chi connectivity index (χ1) is 6.00. The number of hydrogen-bond acceptors (Lipinski definition) is 1. The number of fused-ring (bicyclic) bond motifs is 1. The normalized spacial score (nSPS) is 29.2. The van der Waals surface area contributed by atoms with Gasteiger partial charge in [0.15, 0.2) is 0 Å². The van der Waals surface area contributed by atoms with Crippen LogP contribution in [0, 0.1) is 0 Å². The van der Waals surface area contributed by atoms with E-state index in [1.807, 2.05) is 26.0 Å². The van der Waals surface area contributed by atoms with Crippen LogP contribution >= 0.6 is 15.9 Å². The molecule has 1 saturated heterocycles. The zero-order chi connectivity index (χ0) is 9.64. The highest BCUT2D eigenvalue weighted by Crippen LogP contribution is 2.33. The maximum Gasteiger partial charge on any atom is 0.260 e. The maximum absolute atomic E-state index is 11.4. The van der Waals surface area contributed by atoms with E-state index in [0.29, 0.717) is 5.57 Å². The molecule has 0 saturated carbocycles. The van der Waals surface area contributed by atoms with Gasteiger partial charge in [-0.2, -0.15) is 0 Å². The fourth-order valence-corrected chi connectivity index (χ4v) is 2.05. The van der Waals surface area contributed by atoms with Gasteiger partial charge in [-0.15, -0.1) is 5.73 Å². The fraction of sp³-hybridized carbons (Fsp3) is 0.400. The lowest BCUT2D eigenvalue weighted by atomic mass is 9.91. The minimum atomic E-state index is -0.250. The Morgan fingerprint density at radius 1 is 1.62 bits per heavy atom. The summed E-state index contributed by atoms with van der Waals surface area (Å²) >= 11 is 3.45. The van der Waals surface area contributed by atoms with Crippen LogP contribution in [0.15, 0.2) is 29.0 Å². The molecule has 0 unspecified atom stereocenters. The van der Waals surface area contributed by atoms with Crippen molar-refractivity contribution in [1.29, 1.82) is 0 Å². The van der Waals surface area contributed by atoms with Gasteiger partial charge in [-0.1, -0.05) is 22.0 Å². The van der Waals surface area contributed by atoms with Crippen LogP contribution < -0.4 is 5.32 Å². The third-order valence-corrected chi connectivity index (χ3v) is 2.84. The number of carbonyl (C=O) groups is 1. The quantitative estimate of drug-likeness (QED) is 0.506. The van der Waals surface area contributed by atoms with Gasteiger partial charge in [0.1, 0.15) is 0 Å². The highest BCUT2D eigenvalue weighted by molar-refractivity contribution is 9.09. The van der Waals surface area contributed by atoms with Crippen LogP contribution in [0.4, 0.5) is 0 Å². The molecule has 1 aliphatic heterocycles. The van der Waals surface area contributed by atoms with Gasteiger partial charge in [0, 0.05) is 0 Å². The highest BCUT2D eigenvalue weighted by atomic mass is 79.9. The number of nitrogens with one attached hydrogen (secondary N) is 1. The molecule has 1 amide bonds. The molecule has 0 aromatic rings. The molecule has 0 bridgehead atoms. The van der Waals surface area contributed by atoms with Crippen LogP contribution in [-0.2, 0) is 4.79 Å². The Hall–Kier alpha value is -0.790. The van der Waals surface area contributed by atoms with Crippen LogP contribution in [0.1, 0.15) is 13.8 Å². The van der Waals surface area contributed by atoms with Crippen molar-refractivity contribution in [2.75, 3.05) is 0 Å². The Morgan fingerprint density at radius 3 is 3.00 bits per heavy atom. The number of rotatable bonds is 0. The van der Waals surface area contributed by atoms with Gasteiger partial charge in [0.25, 0.3) is 5.91 Å². The predicted molar refractivity (Wildman–Crippen MR) is 54.6 cm³/mol. The van der Waals surface area contributed by atoms with E-state index in [1.165, 1.54) is 0 Å². The summed E-state index contributed by atoms with van der Waals surface area (Å²) in [6.45, 7) is 3.99. The largest absolute Gasteiger partial charge is 0.343 e. The van der Waals surface area contributed by atoms with E-state index >= 15 is 0 Å². The topological polar surface area (TPSA) is 29.1 Å². The summed E-state index contributed by atoms with van der Waals surface area (Å²) in [5, 5.41) is 2.91. The summed E-state index contributed by atoms with van der Waals surface area (Å²) in [5.74, 6) is -0.0214. The van der Waals surface area contributed by atoms with E-state index < -0.39 is 0 Å². The van der Waals surface area contributed by atoms with Crippen molar-refractivity contribution < 1.29 is 4.79 Å². The minimum absolute atomic E-state index is 0.0214. The number of allylic oxidation sites excluding steroid dienone is 1. The van der Waals surface area contributed by atoms with Crippen molar-refractivity contribution >= 4 is 21.8 Å². The monoisotopic (exact) mass is 239 g/mol. The molecule has 2 nitrogen and oxygen atoms in total. The van der Waals surface area contributed by atoms with Gasteiger partial charge in [-0.25, -0.2) is 0 Å². The summed E-state index contributed by atoms with van der Waals surface area (Å²) in [6.07, 6.45) is 3.89. The van der Waals surface area contributed by atoms with Crippen LogP contribution in [0.3, 0.4) is 0 Å². The van der Waals surface area contributed by atoms with Crippen molar-refractivity contribution in [3.8, 4) is 0 Å². The molecular weight excluding hydrogens is 230 g/mol. The Kier molecular flexibility index (Phi) is 1.76. The van der Waals surface area contributed by atoms with Crippen LogP contribution in [0.25, 0.3) is 0 Å². The van der Waals surface area contributed by atoms with E-state index in [9.17, 15) is 4.79 Å². The predicted octanol–water partition coefficient (Wildman–Crippen LogP) is 1.68. The third-order valence-electron chi connectivity index (χ3n) is 2.31. The SMILES string of the molecule is CC1(C)NC(=O)C2=C=C[C@@H](Br)C=C21. The maximum atomic E-state index is 11.4. The number of carbonyl (C=O) groups excluding carboxylic acids is 1. The Bertz CT molecular complexity index is 372. The van der Waals surface area contributed by atoms with Gasteiger partial charge in [0.05, 0.1) is 15.9 Å². The molecule has 1 fully saturated rings. The number of amides is 1. The Morgan fingerprint density at radius 2 is 2.31 bits per heavy atom. The van der Waals surface area contributed by atoms with E-state index in [0.717, 1.165) is 5.57 Å². The molecule has 0 aromatic carbocycles. The van der Waals surface area contributed by atoms with Crippen LogP contribution in [-0.4, -0.2) is 16.3 Å². The molecule has 68 valence electrons. The molecule has 0 aromatic heterocycles. The Labute approximate surface area is 85.5 Å². The minimum Gasteiger partial charge on any atom is -0.343 e. The first-order valence-electron chi connectivity index (χ1n) is 4.17. The summed E-state index contributed by atoms with van der Waals surface area (Å²) in [5.41, 5.74) is 4.47. The zero-order valence-electron chi connectivity index (χ0n) is 7.52. The molecule has 2 aliphatic rings. The second kappa shape index (κ2) is 2.60. The average molecular weight is 240 g/mol. The van der Waals surface area contributed by atoms with Crippen LogP contribution in [0.2, 0.25) is 0 Å². The van der Waals surface area contributed by atoms with Crippen molar-refractivity contribution in [2.24, 2.45) is 0 Å². The summed E-state index contributed by atoms with van der Waals surface area (Å²) in [7, 11) is 0. The molecule has 2 rings (SSSR count). The fourth-order valence-electron chi connectivity index (χ4n) is 1.65. The molecule has 0 spiro atoms. The first-order valence-corrected chi connectivity index (χ1v) is 5.08. The lowest BCUT2D eigenvalue weighted by Crippen LogP contribution is -2.36. The van der Waals surface area contributed by atoms with Gasteiger partial charge in [-0.05, 0) is 25.5 Å². The number of halogens is 1. The molecule has 1 N–H and O–H groups in total. The van der Waals surface area contributed by atoms with Crippen molar-refractivity contribution in [3.63, 3.8) is 0 Å². The second-order valence-corrected chi connectivity index (χ2v) is 4.85. The third kappa shape index (κ3) is 1.28. The van der Waals surface area contributed by atoms with Gasteiger partial charge < -0.3 is 5.32 Å². The highest BCUT2D eigenvalue weighted by Gasteiger charge is 2.39. The molecule has 1 aliphatic carbocycles.